The number of nitrogens with one attached hydrogen (secondary N) is 1. The predicted octanol–water partition coefficient (Wildman–Crippen LogP) is -0.765. The van der Waals surface area contributed by atoms with Crippen molar-refractivity contribution in [2.24, 2.45) is 0 Å². The molecule has 0 spiro atoms. The van der Waals surface area contributed by atoms with Crippen molar-refractivity contribution in [3.8, 4) is 0 Å². The Morgan fingerprint density at radius 1 is 1.21 bits per heavy atom. The van der Waals surface area contributed by atoms with Crippen LogP contribution in [0.3, 0.4) is 0 Å². The van der Waals surface area contributed by atoms with Crippen molar-refractivity contribution in [3.63, 3.8) is 0 Å². The van der Waals surface area contributed by atoms with Crippen molar-refractivity contribution >= 4 is 7.60 Å². The Hall–Kier alpha value is 0.0300. The average Bonchev–Trinajstić information content (AvgIpc) is 2.03. The van der Waals surface area contributed by atoms with E-state index in [0.29, 0.717) is 6.54 Å². The minimum absolute atomic E-state index is 0.0777. The summed E-state index contributed by atoms with van der Waals surface area (Å²) in [5, 5.41) is 18.7. The predicted molar refractivity (Wildman–Crippen MR) is 51.9 cm³/mol. The van der Waals surface area contributed by atoms with Gasteiger partial charge in [-0.05, 0) is 6.54 Å². The number of hydrogen-bond donors (Lipinski definition) is 5. The first-order valence-corrected chi connectivity index (χ1v) is 6.07. The summed E-state index contributed by atoms with van der Waals surface area (Å²) >= 11 is 0. The molecule has 0 saturated heterocycles. The molecular weight excluding hydrogens is 209 g/mol. The zero-order valence-corrected chi connectivity index (χ0v) is 9.07. The van der Waals surface area contributed by atoms with Crippen LogP contribution in [-0.2, 0) is 4.57 Å². The maximum atomic E-state index is 11.2. The molecule has 0 amide bonds. The van der Waals surface area contributed by atoms with Gasteiger partial charge < -0.3 is 25.3 Å². The molecule has 7 heteroatoms. The topological polar surface area (TPSA) is 110 Å². The fraction of sp³-hybridized carbons (Fsp3) is 1.00. The van der Waals surface area contributed by atoms with Crippen LogP contribution in [0.15, 0.2) is 0 Å². The minimum Gasteiger partial charge on any atom is -0.396 e. The molecule has 5 N–H and O–H groups in total. The van der Waals surface area contributed by atoms with Gasteiger partial charge in [0.25, 0.3) is 0 Å². The van der Waals surface area contributed by atoms with E-state index >= 15 is 0 Å². The molecule has 0 heterocycles. The Labute approximate surface area is 83.1 Å². The lowest BCUT2D eigenvalue weighted by molar-refractivity contribution is 0.184. The summed E-state index contributed by atoms with van der Waals surface area (Å²) in [7, 11) is -4.39. The maximum absolute atomic E-state index is 11.2. The van der Waals surface area contributed by atoms with Gasteiger partial charge in [0.1, 0.15) is 5.28 Å². The second-order valence-corrected chi connectivity index (χ2v) is 5.00. The van der Waals surface area contributed by atoms with Crippen LogP contribution in [0.1, 0.15) is 19.8 Å². The van der Waals surface area contributed by atoms with Gasteiger partial charge >= 0.3 is 7.60 Å². The van der Waals surface area contributed by atoms with Crippen molar-refractivity contribution < 1.29 is 24.6 Å². The van der Waals surface area contributed by atoms with Gasteiger partial charge in [-0.1, -0.05) is 6.92 Å². The van der Waals surface area contributed by atoms with Gasteiger partial charge in [0.05, 0.1) is 0 Å². The molecule has 0 aromatic rings. The number of hydrogen-bond acceptors (Lipinski definition) is 4. The number of aliphatic hydroxyl groups is 2. The molecule has 0 aromatic carbocycles. The van der Waals surface area contributed by atoms with E-state index in [-0.39, 0.29) is 26.1 Å². The van der Waals surface area contributed by atoms with Crippen LogP contribution in [0.25, 0.3) is 0 Å². The molecular formula is C7H18NO5P. The molecule has 0 unspecified atom stereocenters. The molecule has 0 bridgehead atoms. The maximum Gasteiger partial charge on any atom is 0.345 e. The standard InChI is InChI=1S/C7H18NO5P/c1-2-8-7(3-5-9,4-6-10)14(11,12)13/h8-10H,2-6H2,1H3,(H2,11,12,13). The van der Waals surface area contributed by atoms with Crippen LogP contribution in [0, 0.1) is 0 Å². The molecule has 14 heavy (non-hydrogen) atoms. The Kier molecular flexibility index (Phi) is 5.81. The van der Waals surface area contributed by atoms with E-state index < -0.39 is 12.9 Å². The van der Waals surface area contributed by atoms with Crippen LogP contribution in [0.4, 0.5) is 0 Å². The largest absolute Gasteiger partial charge is 0.396 e. The Morgan fingerprint density at radius 2 is 1.64 bits per heavy atom. The molecule has 0 radical (unpaired) electrons. The molecule has 6 nitrogen and oxygen atoms in total. The van der Waals surface area contributed by atoms with Crippen molar-refractivity contribution in [3.05, 3.63) is 0 Å². The van der Waals surface area contributed by atoms with Gasteiger partial charge in [-0.2, -0.15) is 0 Å². The third-order valence-electron chi connectivity index (χ3n) is 2.11. The van der Waals surface area contributed by atoms with Gasteiger partial charge in [-0.25, -0.2) is 0 Å². The van der Waals surface area contributed by atoms with Crippen molar-refractivity contribution in [1.82, 2.24) is 5.32 Å². The fourth-order valence-corrected chi connectivity index (χ4v) is 2.54. The summed E-state index contributed by atoms with van der Waals surface area (Å²) in [6, 6.07) is 0. The molecule has 0 aromatic heterocycles. The first-order valence-electron chi connectivity index (χ1n) is 4.46. The lowest BCUT2D eigenvalue weighted by Crippen LogP contribution is -2.46. The molecule has 86 valence electrons. The van der Waals surface area contributed by atoms with Gasteiger partial charge in [0.15, 0.2) is 0 Å². The quantitative estimate of drug-likeness (QED) is 0.365. The summed E-state index contributed by atoms with van der Waals surface area (Å²) in [6.45, 7) is 1.40. The molecule has 0 aliphatic carbocycles. The van der Waals surface area contributed by atoms with E-state index in [1.54, 1.807) is 6.92 Å². The summed E-state index contributed by atoms with van der Waals surface area (Å²) in [6.07, 6.45) is -0.155. The first kappa shape index (κ1) is 14.0. The van der Waals surface area contributed by atoms with E-state index in [1.807, 2.05) is 0 Å². The minimum atomic E-state index is -4.39. The first-order chi connectivity index (χ1) is 6.43. The Morgan fingerprint density at radius 3 is 1.86 bits per heavy atom. The molecule has 0 atom stereocenters. The van der Waals surface area contributed by atoms with Crippen LogP contribution >= 0.6 is 7.60 Å². The van der Waals surface area contributed by atoms with Gasteiger partial charge in [0, 0.05) is 26.1 Å². The summed E-state index contributed by atoms with van der Waals surface area (Å²) in [4.78, 5) is 18.3. The van der Waals surface area contributed by atoms with Crippen LogP contribution < -0.4 is 5.32 Å². The second kappa shape index (κ2) is 5.80. The second-order valence-electron chi connectivity index (χ2n) is 3.05. The third kappa shape index (κ3) is 3.31. The zero-order chi connectivity index (χ0) is 11.2. The van der Waals surface area contributed by atoms with E-state index in [2.05, 4.69) is 5.32 Å². The average molecular weight is 227 g/mol. The van der Waals surface area contributed by atoms with Crippen molar-refractivity contribution in [1.29, 1.82) is 0 Å². The van der Waals surface area contributed by atoms with Gasteiger partial charge in [0.2, 0.25) is 0 Å². The van der Waals surface area contributed by atoms with Gasteiger partial charge in [-0.15, -0.1) is 0 Å². The smallest absolute Gasteiger partial charge is 0.345 e. The zero-order valence-electron chi connectivity index (χ0n) is 8.18. The highest BCUT2D eigenvalue weighted by atomic mass is 31.2. The van der Waals surface area contributed by atoms with Crippen molar-refractivity contribution in [2.45, 2.75) is 25.0 Å². The highest BCUT2D eigenvalue weighted by molar-refractivity contribution is 7.53. The van der Waals surface area contributed by atoms with Gasteiger partial charge in [-0.3, -0.25) is 4.57 Å². The SMILES string of the molecule is CCNC(CCO)(CCO)P(=O)(O)O. The van der Waals surface area contributed by atoms with E-state index in [9.17, 15) is 4.57 Å². The fourth-order valence-electron chi connectivity index (χ4n) is 1.40. The van der Waals surface area contributed by atoms with Crippen LogP contribution in [0.5, 0.6) is 0 Å². The molecule has 0 aliphatic rings. The number of aliphatic hydroxyl groups excluding tert-OH is 2. The lowest BCUT2D eigenvalue weighted by atomic mass is 10.1. The Balaban J connectivity index is 4.83. The summed E-state index contributed by atoms with van der Waals surface area (Å²) in [5.41, 5.74) is 0. The third-order valence-corrected chi connectivity index (χ3v) is 3.83. The number of rotatable bonds is 7. The Bertz CT molecular complexity index is 187. The molecule has 0 aliphatic heterocycles. The van der Waals surface area contributed by atoms with E-state index in [4.69, 9.17) is 20.0 Å². The van der Waals surface area contributed by atoms with E-state index in [1.165, 1.54) is 0 Å². The highest BCUT2D eigenvalue weighted by Crippen LogP contribution is 2.52. The molecule has 0 fully saturated rings. The summed E-state index contributed by atoms with van der Waals surface area (Å²) < 4.78 is 11.2. The van der Waals surface area contributed by atoms with Crippen LogP contribution in [0.2, 0.25) is 0 Å². The van der Waals surface area contributed by atoms with E-state index in [0.717, 1.165) is 0 Å². The van der Waals surface area contributed by atoms with Crippen LogP contribution in [-0.4, -0.2) is 45.0 Å². The monoisotopic (exact) mass is 227 g/mol. The normalized spacial score (nSPS) is 13.2. The molecule has 0 saturated carbocycles. The molecule has 0 rings (SSSR count). The summed E-state index contributed by atoms with van der Waals surface area (Å²) in [5.74, 6) is 0. The lowest BCUT2D eigenvalue weighted by Gasteiger charge is -2.34. The highest BCUT2D eigenvalue weighted by Gasteiger charge is 2.45. The van der Waals surface area contributed by atoms with Crippen molar-refractivity contribution in [2.75, 3.05) is 19.8 Å².